The molecular weight excluding hydrogens is 321 g/mol. The lowest BCUT2D eigenvalue weighted by Crippen LogP contribution is -2.31. The van der Waals surface area contributed by atoms with Gasteiger partial charge in [0.05, 0.1) is 6.04 Å². The number of benzene rings is 2. The Labute approximate surface area is 116 Å². The Morgan fingerprint density at radius 2 is 1.63 bits per heavy atom. The molecule has 1 unspecified atom stereocenters. The van der Waals surface area contributed by atoms with Crippen LogP contribution in [0.5, 0.6) is 0 Å². The van der Waals surface area contributed by atoms with E-state index in [2.05, 4.69) is 21.4 Å². The Morgan fingerprint density at radius 1 is 1.00 bits per heavy atom. The molecule has 6 heteroatoms. The molecule has 0 spiro atoms. The molecule has 0 bridgehead atoms. The van der Waals surface area contributed by atoms with Gasteiger partial charge in [-0.1, -0.05) is 22.0 Å². The molecule has 0 heterocycles. The molecule has 0 amide bonds. The van der Waals surface area contributed by atoms with Gasteiger partial charge >= 0.3 is 0 Å². The van der Waals surface area contributed by atoms with Gasteiger partial charge in [0.25, 0.3) is 0 Å². The van der Waals surface area contributed by atoms with Crippen molar-refractivity contribution in [2.45, 2.75) is 6.04 Å². The van der Waals surface area contributed by atoms with Crippen molar-refractivity contribution in [1.82, 2.24) is 5.43 Å². The van der Waals surface area contributed by atoms with Crippen LogP contribution in [-0.4, -0.2) is 0 Å². The first-order valence-electron chi connectivity index (χ1n) is 5.39. The van der Waals surface area contributed by atoms with Gasteiger partial charge in [-0.25, -0.2) is 18.6 Å². The molecule has 0 fully saturated rings. The highest BCUT2D eigenvalue weighted by molar-refractivity contribution is 9.10. The van der Waals surface area contributed by atoms with Crippen LogP contribution in [0.4, 0.5) is 13.2 Å². The van der Waals surface area contributed by atoms with E-state index in [1.807, 2.05) is 0 Å². The maximum Gasteiger partial charge on any atom is 0.131 e. The second kappa shape index (κ2) is 5.73. The summed E-state index contributed by atoms with van der Waals surface area (Å²) in [5.74, 6) is 3.15. The number of hydrogen-bond acceptors (Lipinski definition) is 2. The average molecular weight is 331 g/mol. The Kier molecular flexibility index (Phi) is 4.24. The summed E-state index contributed by atoms with van der Waals surface area (Å²) in [5.41, 5.74) is 1.98. The van der Waals surface area contributed by atoms with Crippen LogP contribution in [0.25, 0.3) is 0 Å². The first-order valence-corrected chi connectivity index (χ1v) is 6.19. The Balaban J connectivity index is 2.59. The van der Waals surface area contributed by atoms with Crippen LogP contribution < -0.4 is 11.3 Å². The monoisotopic (exact) mass is 330 g/mol. The van der Waals surface area contributed by atoms with Gasteiger partial charge in [0.2, 0.25) is 0 Å². The number of nitrogens with one attached hydrogen (secondary N) is 1. The Morgan fingerprint density at radius 3 is 2.21 bits per heavy atom. The summed E-state index contributed by atoms with van der Waals surface area (Å²) in [5, 5.41) is 0. The molecule has 100 valence electrons. The zero-order chi connectivity index (χ0) is 14.0. The summed E-state index contributed by atoms with van der Waals surface area (Å²) in [6.07, 6.45) is 0. The van der Waals surface area contributed by atoms with E-state index in [1.165, 1.54) is 24.3 Å². The number of halogens is 4. The molecule has 2 aromatic rings. The number of hydrazine groups is 1. The molecule has 0 saturated heterocycles. The fraction of sp³-hybridized carbons (Fsp3) is 0.0769. The van der Waals surface area contributed by atoms with Gasteiger partial charge in [0.15, 0.2) is 0 Å². The predicted octanol–water partition coefficient (Wildman–Crippen LogP) is 3.42. The molecule has 1 atom stereocenters. The molecule has 0 aliphatic carbocycles. The summed E-state index contributed by atoms with van der Waals surface area (Å²) in [6.45, 7) is 0. The molecule has 0 aliphatic rings. The maximum atomic E-state index is 13.8. The zero-order valence-electron chi connectivity index (χ0n) is 9.63. The van der Waals surface area contributed by atoms with Crippen molar-refractivity contribution < 1.29 is 13.2 Å². The van der Waals surface area contributed by atoms with Crippen molar-refractivity contribution in [3.8, 4) is 0 Å². The normalized spacial score (nSPS) is 12.5. The van der Waals surface area contributed by atoms with E-state index >= 15 is 0 Å². The van der Waals surface area contributed by atoms with Crippen molar-refractivity contribution >= 4 is 15.9 Å². The van der Waals surface area contributed by atoms with Crippen LogP contribution >= 0.6 is 15.9 Å². The first kappa shape index (κ1) is 14.0. The Hall–Kier alpha value is -1.37. The third kappa shape index (κ3) is 2.80. The highest BCUT2D eigenvalue weighted by atomic mass is 79.9. The van der Waals surface area contributed by atoms with Gasteiger partial charge in [0, 0.05) is 15.6 Å². The summed E-state index contributed by atoms with van der Waals surface area (Å²) in [7, 11) is 0. The van der Waals surface area contributed by atoms with Gasteiger partial charge in [0.1, 0.15) is 17.5 Å². The quantitative estimate of drug-likeness (QED) is 0.668. The molecule has 2 rings (SSSR count). The first-order chi connectivity index (χ1) is 9.04. The van der Waals surface area contributed by atoms with Crippen molar-refractivity contribution in [1.29, 1.82) is 0 Å². The van der Waals surface area contributed by atoms with E-state index in [9.17, 15) is 13.2 Å². The third-order valence-corrected chi connectivity index (χ3v) is 3.22. The molecule has 3 N–H and O–H groups in total. The van der Waals surface area contributed by atoms with E-state index in [1.54, 1.807) is 0 Å². The number of rotatable bonds is 3. The molecule has 0 radical (unpaired) electrons. The zero-order valence-corrected chi connectivity index (χ0v) is 11.2. The van der Waals surface area contributed by atoms with Gasteiger partial charge in [-0.05, 0) is 30.3 Å². The van der Waals surface area contributed by atoms with Crippen molar-refractivity contribution in [3.63, 3.8) is 0 Å². The summed E-state index contributed by atoms with van der Waals surface area (Å²) in [6, 6.07) is 6.42. The third-order valence-electron chi connectivity index (χ3n) is 2.72. The van der Waals surface area contributed by atoms with Crippen LogP contribution in [-0.2, 0) is 0 Å². The standard InChI is InChI=1S/C13H10BrF3N2/c14-7-4-5-9(15)8(6-7)13(19-18)12-10(16)2-1-3-11(12)17/h1-6,13,19H,18H2. The smallest absolute Gasteiger partial charge is 0.131 e. The molecule has 2 aromatic carbocycles. The van der Waals surface area contributed by atoms with E-state index in [4.69, 9.17) is 5.84 Å². The van der Waals surface area contributed by atoms with E-state index in [0.29, 0.717) is 4.47 Å². The lowest BCUT2D eigenvalue weighted by molar-refractivity contribution is 0.495. The van der Waals surface area contributed by atoms with Gasteiger partial charge in [-0.2, -0.15) is 0 Å². The maximum absolute atomic E-state index is 13.8. The van der Waals surface area contributed by atoms with Crippen LogP contribution in [0.15, 0.2) is 40.9 Å². The molecule has 2 nitrogen and oxygen atoms in total. The fourth-order valence-corrected chi connectivity index (χ4v) is 2.23. The molecular formula is C13H10BrF3N2. The van der Waals surface area contributed by atoms with Crippen LogP contribution in [0.2, 0.25) is 0 Å². The van der Waals surface area contributed by atoms with E-state index in [-0.39, 0.29) is 11.1 Å². The fourth-order valence-electron chi connectivity index (χ4n) is 1.85. The highest BCUT2D eigenvalue weighted by Gasteiger charge is 2.23. The van der Waals surface area contributed by atoms with Gasteiger partial charge < -0.3 is 0 Å². The lowest BCUT2D eigenvalue weighted by Gasteiger charge is -2.19. The van der Waals surface area contributed by atoms with Crippen molar-refractivity contribution in [2.75, 3.05) is 0 Å². The minimum Gasteiger partial charge on any atom is -0.271 e. The summed E-state index contributed by atoms with van der Waals surface area (Å²) < 4.78 is 41.9. The van der Waals surface area contributed by atoms with Crippen molar-refractivity contribution in [2.24, 2.45) is 5.84 Å². The second-order valence-corrected chi connectivity index (χ2v) is 4.82. The summed E-state index contributed by atoms with van der Waals surface area (Å²) in [4.78, 5) is 0. The number of hydrogen-bond donors (Lipinski definition) is 2. The number of nitrogens with two attached hydrogens (primary N) is 1. The molecule has 0 aliphatic heterocycles. The van der Waals surface area contributed by atoms with E-state index in [0.717, 1.165) is 12.1 Å². The Bertz CT molecular complexity index is 584. The average Bonchev–Trinajstić information content (AvgIpc) is 2.37. The minimum absolute atomic E-state index is 0.0564. The SMILES string of the molecule is NNC(c1cc(Br)ccc1F)c1c(F)cccc1F. The predicted molar refractivity (Wildman–Crippen MR) is 69.6 cm³/mol. The minimum atomic E-state index is -1.11. The molecule has 0 aromatic heterocycles. The second-order valence-electron chi connectivity index (χ2n) is 3.90. The van der Waals surface area contributed by atoms with Gasteiger partial charge in [-0.3, -0.25) is 5.84 Å². The lowest BCUT2D eigenvalue weighted by atomic mass is 9.98. The largest absolute Gasteiger partial charge is 0.271 e. The van der Waals surface area contributed by atoms with Crippen LogP contribution in [0.3, 0.4) is 0 Å². The molecule has 0 saturated carbocycles. The topological polar surface area (TPSA) is 38.0 Å². The molecule has 19 heavy (non-hydrogen) atoms. The highest BCUT2D eigenvalue weighted by Crippen LogP contribution is 2.29. The van der Waals surface area contributed by atoms with Crippen LogP contribution in [0, 0.1) is 17.5 Å². The van der Waals surface area contributed by atoms with Crippen LogP contribution in [0.1, 0.15) is 17.2 Å². The van der Waals surface area contributed by atoms with Gasteiger partial charge in [-0.15, -0.1) is 0 Å². The van der Waals surface area contributed by atoms with E-state index < -0.39 is 23.5 Å². The van der Waals surface area contributed by atoms with Crippen molar-refractivity contribution in [3.05, 3.63) is 69.4 Å². The summed E-state index contributed by atoms with van der Waals surface area (Å²) >= 11 is 3.18.